The fourth-order valence-corrected chi connectivity index (χ4v) is 2.29. The summed E-state index contributed by atoms with van der Waals surface area (Å²) in [4.78, 5) is 25.3. The van der Waals surface area contributed by atoms with Gasteiger partial charge in [-0.05, 0) is 13.8 Å². The zero-order chi connectivity index (χ0) is 12.4. The first-order chi connectivity index (χ1) is 8.08. The van der Waals surface area contributed by atoms with Gasteiger partial charge in [-0.3, -0.25) is 9.59 Å². The molecule has 2 rings (SSSR count). The molecule has 0 aliphatic carbocycles. The highest BCUT2D eigenvalue weighted by Gasteiger charge is 2.35. The van der Waals surface area contributed by atoms with E-state index >= 15 is 0 Å². The summed E-state index contributed by atoms with van der Waals surface area (Å²) in [5, 5.41) is 10.5. The molecule has 0 saturated carbocycles. The largest absolute Gasteiger partial charge is 0.339 e. The van der Waals surface area contributed by atoms with Gasteiger partial charge in [0.1, 0.15) is 5.51 Å². The third-order valence-corrected chi connectivity index (χ3v) is 3.35. The van der Waals surface area contributed by atoms with Gasteiger partial charge in [-0.1, -0.05) is 11.3 Å². The minimum Gasteiger partial charge on any atom is -0.339 e. The van der Waals surface area contributed by atoms with Crippen molar-refractivity contribution in [1.82, 2.24) is 15.1 Å². The summed E-state index contributed by atoms with van der Waals surface area (Å²) < 4.78 is 0. The Morgan fingerprint density at radius 3 is 2.94 bits per heavy atom. The van der Waals surface area contributed by atoms with Gasteiger partial charge in [-0.2, -0.15) is 0 Å². The first kappa shape index (κ1) is 12.0. The molecule has 0 radical (unpaired) electrons. The van der Waals surface area contributed by atoms with Gasteiger partial charge < -0.3 is 10.2 Å². The second-order valence-electron chi connectivity index (χ2n) is 4.27. The number of rotatable bonds is 3. The van der Waals surface area contributed by atoms with Crippen molar-refractivity contribution in [2.24, 2.45) is 5.92 Å². The smallest absolute Gasteiger partial charge is 0.231 e. The Balaban J connectivity index is 1.96. The Labute approximate surface area is 103 Å². The van der Waals surface area contributed by atoms with E-state index in [1.807, 2.05) is 13.8 Å². The van der Waals surface area contributed by atoms with E-state index < -0.39 is 0 Å². The van der Waals surface area contributed by atoms with Gasteiger partial charge in [-0.15, -0.1) is 10.2 Å². The summed E-state index contributed by atoms with van der Waals surface area (Å²) in [6.45, 7) is 4.38. The first-order valence-corrected chi connectivity index (χ1v) is 6.32. The van der Waals surface area contributed by atoms with E-state index in [0.717, 1.165) is 0 Å². The van der Waals surface area contributed by atoms with Crippen LogP contribution in [0.3, 0.4) is 0 Å². The number of anilines is 1. The Kier molecular flexibility index (Phi) is 3.37. The van der Waals surface area contributed by atoms with Gasteiger partial charge in [0.2, 0.25) is 16.9 Å². The van der Waals surface area contributed by atoms with E-state index in [-0.39, 0.29) is 30.2 Å². The highest BCUT2D eigenvalue weighted by Crippen LogP contribution is 2.21. The summed E-state index contributed by atoms with van der Waals surface area (Å²) in [6.07, 6.45) is 0.281. The number of likely N-dealkylation sites (tertiary alicyclic amines) is 1. The molecular weight excluding hydrogens is 240 g/mol. The van der Waals surface area contributed by atoms with Crippen LogP contribution in [0.4, 0.5) is 5.13 Å². The van der Waals surface area contributed by atoms with E-state index in [0.29, 0.717) is 11.7 Å². The molecule has 0 aromatic carbocycles. The molecule has 6 nitrogen and oxygen atoms in total. The Bertz CT molecular complexity index is 418. The summed E-state index contributed by atoms with van der Waals surface area (Å²) in [6, 6.07) is 0.141. The van der Waals surface area contributed by atoms with E-state index in [1.54, 1.807) is 10.4 Å². The number of carbonyl (C=O) groups excluding carboxylic acids is 2. The van der Waals surface area contributed by atoms with Crippen molar-refractivity contribution in [3.8, 4) is 0 Å². The quantitative estimate of drug-likeness (QED) is 0.863. The highest BCUT2D eigenvalue weighted by molar-refractivity contribution is 7.13. The maximum absolute atomic E-state index is 11.9. The van der Waals surface area contributed by atoms with E-state index in [1.165, 1.54) is 11.3 Å². The van der Waals surface area contributed by atoms with Crippen molar-refractivity contribution in [2.75, 3.05) is 11.9 Å². The van der Waals surface area contributed by atoms with Crippen molar-refractivity contribution in [3.05, 3.63) is 5.51 Å². The summed E-state index contributed by atoms with van der Waals surface area (Å²) in [5.74, 6) is -0.399. The highest BCUT2D eigenvalue weighted by atomic mass is 32.1. The van der Waals surface area contributed by atoms with Crippen LogP contribution in [0.5, 0.6) is 0 Å². The molecule has 0 bridgehead atoms. The number of nitrogens with zero attached hydrogens (tertiary/aromatic N) is 3. The number of nitrogens with one attached hydrogen (secondary N) is 1. The molecule has 2 heterocycles. The van der Waals surface area contributed by atoms with Crippen LogP contribution < -0.4 is 5.32 Å². The van der Waals surface area contributed by atoms with Gasteiger partial charge in [0.25, 0.3) is 0 Å². The summed E-state index contributed by atoms with van der Waals surface area (Å²) in [7, 11) is 0. The topological polar surface area (TPSA) is 75.2 Å². The Hall–Kier alpha value is -1.50. The van der Waals surface area contributed by atoms with Crippen LogP contribution in [0.15, 0.2) is 5.51 Å². The lowest BCUT2D eigenvalue weighted by Crippen LogP contribution is -2.33. The maximum Gasteiger partial charge on any atom is 0.231 e. The molecule has 1 atom stereocenters. The molecule has 1 aliphatic rings. The van der Waals surface area contributed by atoms with Gasteiger partial charge >= 0.3 is 0 Å². The average molecular weight is 254 g/mol. The molecule has 92 valence electrons. The zero-order valence-corrected chi connectivity index (χ0v) is 10.5. The molecule has 7 heteroatoms. The predicted octanol–water partition coefficient (Wildman–Crippen LogP) is 0.733. The molecule has 1 fully saturated rings. The molecule has 1 saturated heterocycles. The lowest BCUT2D eigenvalue weighted by Gasteiger charge is -2.20. The number of hydrogen-bond donors (Lipinski definition) is 1. The van der Waals surface area contributed by atoms with E-state index in [4.69, 9.17) is 0 Å². The van der Waals surface area contributed by atoms with Crippen LogP contribution in [0.1, 0.15) is 20.3 Å². The standard InChI is InChI=1S/C10H14N4O2S/c1-6(2)14-4-7(3-8(14)15)9(16)12-10-13-11-5-17-10/h5-7H,3-4H2,1-2H3,(H,12,13,16). The maximum atomic E-state index is 11.9. The molecular formula is C10H14N4O2S. The number of hydrogen-bond acceptors (Lipinski definition) is 5. The molecule has 1 N–H and O–H groups in total. The van der Waals surface area contributed by atoms with Gasteiger partial charge in [0.15, 0.2) is 0 Å². The van der Waals surface area contributed by atoms with Crippen molar-refractivity contribution in [3.63, 3.8) is 0 Å². The molecule has 0 spiro atoms. The zero-order valence-electron chi connectivity index (χ0n) is 9.71. The SMILES string of the molecule is CC(C)N1CC(C(=O)Nc2nncs2)CC1=O. The minimum atomic E-state index is -0.284. The van der Waals surface area contributed by atoms with Crippen LogP contribution in [-0.2, 0) is 9.59 Å². The third kappa shape index (κ3) is 2.60. The van der Waals surface area contributed by atoms with Crippen LogP contribution in [0.2, 0.25) is 0 Å². The number of aromatic nitrogens is 2. The van der Waals surface area contributed by atoms with Crippen LogP contribution >= 0.6 is 11.3 Å². The minimum absolute atomic E-state index is 0.0393. The first-order valence-electron chi connectivity index (χ1n) is 5.44. The molecule has 17 heavy (non-hydrogen) atoms. The van der Waals surface area contributed by atoms with Crippen LogP contribution in [0, 0.1) is 5.92 Å². The second-order valence-corrected chi connectivity index (χ2v) is 5.11. The lowest BCUT2D eigenvalue weighted by atomic mass is 10.1. The van der Waals surface area contributed by atoms with Crippen molar-refractivity contribution in [1.29, 1.82) is 0 Å². The second kappa shape index (κ2) is 4.79. The van der Waals surface area contributed by atoms with Crippen molar-refractivity contribution < 1.29 is 9.59 Å². The molecule has 1 aliphatic heterocycles. The molecule has 1 unspecified atom stereocenters. The fraction of sp³-hybridized carbons (Fsp3) is 0.600. The normalized spacial score (nSPS) is 20.1. The monoisotopic (exact) mass is 254 g/mol. The Morgan fingerprint density at radius 2 is 2.41 bits per heavy atom. The van der Waals surface area contributed by atoms with Gasteiger partial charge in [0, 0.05) is 19.0 Å². The average Bonchev–Trinajstić information content (AvgIpc) is 2.86. The fourth-order valence-electron chi connectivity index (χ4n) is 1.84. The van der Waals surface area contributed by atoms with E-state index in [2.05, 4.69) is 15.5 Å². The lowest BCUT2D eigenvalue weighted by molar-refractivity contribution is -0.129. The summed E-state index contributed by atoms with van der Waals surface area (Å²) >= 11 is 1.27. The van der Waals surface area contributed by atoms with E-state index in [9.17, 15) is 9.59 Å². The number of carbonyl (C=O) groups is 2. The predicted molar refractivity (Wildman–Crippen MR) is 63.5 cm³/mol. The molecule has 1 aromatic rings. The molecule has 2 amide bonds. The van der Waals surface area contributed by atoms with Gasteiger partial charge in [0.05, 0.1) is 5.92 Å². The Morgan fingerprint density at radius 1 is 1.65 bits per heavy atom. The van der Waals surface area contributed by atoms with Crippen molar-refractivity contribution >= 4 is 28.3 Å². The number of amides is 2. The third-order valence-electron chi connectivity index (χ3n) is 2.74. The molecule has 1 aromatic heterocycles. The van der Waals surface area contributed by atoms with Crippen LogP contribution in [0.25, 0.3) is 0 Å². The van der Waals surface area contributed by atoms with Crippen molar-refractivity contribution in [2.45, 2.75) is 26.3 Å². The summed E-state index contributed by atoms with van der Waals surface area (Å²) in [5.41, 5.74) is 1.55. The van der Waals surface area contributed by atoms with Gasteiger partial charge in [-0.25, -0.2) is 0 Å². The van der Waals surface area contributed by atoms with Crippen LogP contribution in [-0.4, -0.2) is 39.5 Å².